The second-order valence-electron chi connectivity index (χ2n) is 4.02. The van der Waals surface area contributed by atoms with Gasteiger partial charge in [0.2, 0.25) is 5.95 Å². The molecular formula is C14H14FN3O. The molecule has 19 heavy (non-hydrogen) atoms. The first kappa shape index (κ1) is 13.1. The Morgan fingerprint density at radius 2 is 2.00 bits per heavy atom. The van der Waals surface area contributed by atoms with E-state index in [0.29, 0.717) is 13.1 Å². The number of pyridine rings is 2. The molecule has 1 amide bonds. The lowest BCUT2D eigenvalue weighted by molar-refractivity contribution is 0.0746. The lowest BCUT2D eigenvalue weighted by Gasteiger charge is -2.21. The SMILES string of the molecule is CCN(Cc1ccncc1)C(=O)c1cccnc1F. The van der Waals surface area contributed by atoms with Crippen LogP contribution >= 0.6 is 0 Å². The molecule has 0 atom stereocenters. The molecule has 0 aliphatic carbocycles. The Morgan fingerprint density at radius 3 is 2.63 bits per heavy atom. The van der Waals surface area contributed by atoms with Crippen molar-refractivity contribution in [3.8, 4) is 0 Å². The van der Waals surface area contributed by atoms with Crippen molar-refractivity contribution in [3.05, 3.63) is 59.9 Å². The third-order valence-electron chi connectivity index (χ3n) is 2.78. The first-order valence-corrected chi connectivity index (χ1v) is 6.01. The molecule has 0 aliphatic rings. The van der Waals surface area contributed by atoms with E-state index in [-0.39, 0.29) is 11.5 Å². The van der Waals surface area contributed by atoms with Gasteiger partial charge >= 0.3 is 0 Å². The lowest BCUT2D eigenvalue weighted by atomic mass is 10.2. The average Bonchev–Trinajstić information content (AvgIpc) is 2.46. The quantitative estimate of drug-likeness (QED) is 0.791. The summed E-state index contributed by atoms with van der Waals surface area (Å²) >= 11 is 0. The minimum atomic E-state index is -0.735. The molecule has 0 N–H and O–H groups in total. The van der Waals surface area contributed by atoms with Gasteiger partial charge in [0.15, 0.2) is 0 Å². The lowest BCUT2D eigenvalue weighted by Crippen LogP contribution is -2.31. The maximum Gasteiger partial charge on any atom is 0.258 e. The number of carbonyl (C=O) groups excluding carboxylic acids is 1. The normalized spacial score (nSPS) is 10.2. The van der Waals surface area contributed by atoms with E-state index in [4.69, 9.17) is 0 Å². The Bertz CT molecular complexity index is 560. The Kier molecular flexibility index (Phi) is 4.18. The predicted molar refractivity (Wildman–Crippen MR) is 68.8 cm³/mol. The smallest absolute Gasteiger partial charge is 0.258 e. The van der Waals surface area contributed by atoms with Crippen molar-refractivity contribution < 1.29 is 9.18 Å². The Hall–Kier alpha value is -2.30. The van der Waals surface area contributed by atoms with Crippen molar-refractivity contribution in [2.75, 3.05) is 6.54 Å². The van der Waals surface area contributed by atoms with Gasteiger partial charge in [-0.15, -0.1) is 0 Å². The fourth-order valence-electron chi connectivity index (χ4n) is 1.75. The fourth-order valence-corrected chi connectivity index (χ4v) is 1.75. The highest BCUT2D eigenvalue weighted by atomic mass is 19.1. The van der Waals surface area contributed by atoms with Crippen LogP contribution in [0.25, 0.3) is 0 Å². The number of nitrogens with zero attached hydrogens (tertiary/aromatic N) is 3. The Balaban J connectivity index is 2.18. The van der Waals surface area contributed by atoms with E-state index in [9.17, 15) is 9.18 Å². The van der Waals surface area contributed by atoms with Crippen molar-refractivity contribution in [2.24, 2.45) is 0 Å². The standard InChI is InChI=1S/C14H14FN3O/c1-2-18(10-11-5-8-16-9-6-11)14(19)12-4-3-7-17-13(12)15/h3-9H,2,10H2,1H3. The zero-order valence-corrected chi connectivity index (χ0v) is 10.6. The van der Waals surface area contributed by atoms with Gasteiger partial charge in [-0.3, -0.25) is 9.78 Å². The van der Waals surface area contributed by atoms with Gasteiger partial charge < -0.3 is 4.90 Å². The number of rotatable bonds is 4. The molecule has 2 rings (SSSR count). The number of amides is 1. The van der Waals surface area contributed by atoms with E-state index < -0.39 is 5.95 Å². The number of halogens is 1. The molecule has 98 valence electrons. The molecule has 4 nitrogen and oxygen atoms in total. The van der Waals surface area contributed by atoms with Gasteiger partial charge in [0.1, 0.15) is 0 Å². The minimum absolute atomic E-state index is 0.00148. The second kappa shape index (κ2) is 6.04. The van der Waals surface area contributed by atoms with E-state index in [1.165, 1.54) is 12.3 Å². The predicted octanol–water partition coefficient (Wildman–Crippen LogP) is 2.28. The summed E-state index contributed by atoms with van der Waals surface area (Å²) in [5.41, 5.74) is 0.952. The van der Waals surface area contributed by atoms with Crippen LogP contribution in [-0.2, 0) is 6.54 Å². The zero-order chi connectivity index (χ0) is 13.7. The van der Waals surface area contributed by atoms with Gasteiger partial charge in [0.05, 0.1) is 5.56 Å². The highest BCUT2D eigenvalue weighted by Crippen LogP contribution is 2.11. The highest BCUT2D eigenvalue weighted by molar-refractivity contribution is 5.94. The van der Waals surface area contributed by atoms with E-state index in [2.05, 4.69) is 9.97 Å². The van der Waals surface area contributed by atoms with Gasteiger partial charge in [-0.05, 0) is 36.8 Å². The summed E-state index contributed by atoms with van der Waals surface area (Å²) in [6, 6.07) is 6.65. The molecule has 0 spiro atoms. The summed E-state index contributed by atoms with van der Waals surface area (Å²) in [5.74, 6) is -1.09. The zero-order valence-electron chi connectivity index (χ0n) is 10.6. The van der Waals surface area contributed by atoms with Crippen molar-refractivity contribution in [1.29, 1.82) is 0 Å². The summed E-state index contributed by atoms with van der Waals surface area (Å²) in [5, 5.41) is 0. The molecule has 0 aliphatic heterocycles. The van der Waals surface area contributed by atoms with Crippen LogP contribution in [0.3, 0.4) is 0 Å². The third kappa shape index (κ3) is 3.13. The molecule has 2 heterocycles. The van der Waals surface area contributed by atoms with Gasteiger partial charge in [-0.2, -0.15) is 4.39 Å². The largest absolute Gasteiger partial charge is 0.334 e. The monoisotopic (exact) mass is 259 g/mol. The average molecular weight is 259 g/mol. The van der Waals surface area contributed by atoms with Crippen LogP contribution in [0.4, 0.5) is 4.39 Å². The number of aromatic nitrogens is 2. The second-order valence-corrected chi connectivity index (χ2v) is 4.02. The van der Waals surface area contributed by atoms with Crippen LogP contribution in [0.1, 0.15) is 22.8 Å². The molecule has 0 saturated carbocycles. The van der Waals surface area contributed by atoms with Gasteiger partial charge in [-0.1, -0.05) is 0 Å². The first-order valence-electron chi connectivity index (χ1n) is 6.01. The van der Waals surface area contributed by atoms with Crippen molar-refractivity contribution in [3.63, 3.8) is 0 Å². The molecule has 0 bridgehead atoms. The molecule has 0 saturated heterocycles. The minimum Gasteiger partial charge on any atom is -0.334 e. The van der Waals surface area contributed by atoms with Crippen molar-refractivity contribution in [2.45, 2.75) is 13.5 Å². The number of hydrogen-bond acceptors (Lipinski definition) is 3. The van der Waals surface area contributed by atoms with Gasteiger partial charge in [-0.25, -0.2) is 4.98 Å². The van der Waals surface area contributed by atoms with Gasteiger partial charge in [0.25, 0.3) is 5.91 Å². The molecule has 0 fully saturated rings. The molecule has 2 aromatic rings. The fraction of sp³-hybridized carbons (Fsp3) is 0.214. The van der Waals surface area contributed by atoms with E-state index in [1.807, 2.05) is 19.1 Å². The van der Waals surface area contributed by atoms with E-state index >= 15 is 0 Å². The van der Waals surface area contributed by atoms with Crippen LogP contribution in [0.2, 0.25) is 0 Å². The molecule has 2 aromatic heterocycles. The Morgan fingerprint density at radius 1 is 1.26 bits per heavy atom. The van der Waals surface area contributed by atoms with Gasteiger partial charge in [0, 0.05) is 31.7 Å². The van der Waals surface area contributed by atoms with Crippen LogP contribution in [0, 0.1) is 5.95 Å². The number of hydrogen-bond donors (Lipinski definition) is 0. The van der Waals surface area contributed by atoms with E-state index in [1.54, 1.807) is 23.4 Å². The van der Waals surface area contributed by atoms with Crippen LogP contribution < -0.4 is 0 Å². The summed E-state index contributed by atoms with van der Waals surface area (Å²) < 4.78 is 13.5. The maximum absolute atomic E-state index is 13.5. The van der Waals surface area contributed by atoms with Crippen molar-refractivity contribution >= 4 is 5.91 Å². The number of carbonyl (C=O) groups is 1. The molecule has 5 heteroatoms. The van der Waals surface area contributed by atoms with Crippen LogP contribution in [0.15, 0.2) is 42.9 Å². The summed E-state index contributed by atoms with van der Waals surface area (Å²) in [6.45, 7) is 2.77. The van der Waals surface area contributed by atoms with E-state index in [0.717, 1.165) is 5.56 Å². The molecule has 0 aromatic carbocycles. The first-order chi connectivity index (χ1) is 9.22. The summed E-state index contributed by atoms with van der Waals surface area (Å²) in [4.78, 5) is 21.2. The summed E-state index contributed by atoms with van der Waals surface area (Å²) in [6.07, 6.45) is 4.65. The maximum atomic E-state index is 13.5. The topological polar surface area (TPSA) is 46.1 Å². The van der Waals surface area contributed by atoms with Crippen molar-refractivity contribution in [1.82, 2.24) is 14.9 Å². The molecule has 0 unspecified atom stereocenters. The van der Waals surface area contributed by atoms with Crippen LogP contribution in [-0.4, -0.2) is 27.3 Å². The Labute approximate surface area is 110 Å². The third-order valence-corrected chi connectivity index (χ3v) is 2.78. The van der Waals surface area contributed by atoms with Crippen LogP contribution in [0.5, 0.6) is 0 Å². The summed E-state index contributed by atoms with van der Waals surface area (Å²) in [7, 11) is 0. The molecule has 0 radical (unpaired) electrons. The highest BCUT2D eigenvalue weighted by Gasteiger charge is 2.18. The molecular weight excluding hydrogens is 245 g/mol.